The Hall–Kier alpha value is -3.37. The van der Waals surface area contributed by atoms with Crippen molar-refractivity contribution in [3.05, 3.63) is 83.5 Å². The van der Waals surface area contributed by atoms with Gasteiger partial charge in [-0.25, -0.2) is 4.68 Å². The van der Waals surface area contributed by atoms with Crippen LogP contribution in [0.1, 0.15) is 5.56 Å². The maximum atomic E-state index is 6.43. The lowest BCUT2D eigenvalue weighted by atomic mass is 10.1. The number of hydrogen-bond acceptors (Lipinski definition) is 3. The number of aromatic nitrogens is 3. The molecular formula is C24H18ClN3O. The maximum Gasteiger partial charge on any atom is 0.119 e. The van der Waals surface area contributed by atoms with Gasteiger partial charge in [-0.05, 0) is 42.8 Å². The normalized spacial score (nSPS) is 11.3. The molecule has 0 aliphatic carbocycles. The highest BCUT2D eigenvalue weighted by Crippen LogP contribution is 2.35. The van der Waals surface area contributed by atoms with Crippen molar-refractivity contribution < 1.29 is 4.74 Å². The van der Waals surface area contributed by atoms with Crippen LogP contribution in [0.3, 0.4) is 0 Å². The van der Waals surface area contributed by atoms with Crippen LogP contribution in [0.2, 0.25) is 5.02 Å². The number of methoxy groups -OCH3 is 1. The van der Waals surface area contributed by atoms with Crippen LogP contribution in [0.15, 0.2) is 72.9 Å². The molecule has 2 heterocycles. The highest BCUT2D eigenvalue weighted by atomic mass is 35.5. The van der Waals surface area contributed by atoms with Crippen LogP contribution in [0.25, 0.3) is 38.8 Å². The third-order valence-corrected chi connectivity index (χ3v) is 5.57. The van der Waals surface area contributed by atoms with E-state index in [1.165, 1.54) is 0 Å². The summed E-state index contributed by atoms with van der Waals surface area (Å²) in [4.78, 5) is 4.67. The summed E-state index contributed by atoms with van der Waals surface area (Å²) >= 11 is 6.43. The van der Waals surface area contributed by atoms with Gasteiger partial charge in [0.2, 0.25) is 0 Å². The fraction of sp³-hybridized carbons (Fsp3) is 0.0833. The first-order chi connectivity index (χ1) is 14.2. The quantitative estimate of drug-likeness (QED) is 0.362. The lowest BCUT2D eigenvalue weighted by Gasteiger charge is -2.08. The Balaban J connectivity index is 1.91. The van der Waals surface area contributed by atoms with Crippen molar-refractivity contribution in [3.63, 3.8) is 0 Å². The molecule has 5 aromatic rings. The number of hydrogen-bond donors (Lipinski definition) is 0. The van der Waals surface area contributed by atoms with Crippen LogP contribution in [-0.2, 0) is 0 Å². The van der Waals surface area contributed by atoms with Crippen molar-refractivity contribution in [3.8, 4) is 22.7 Å². The van der Waals surface area contributed by atoms with Gasteiger partial charge in [0.1, 0.15) is 11.4 Å². The Kier molecular flexibility index (Phi) is 4.22. The summed E-state index contributed by atoms with van der Waals surface area (Å²) in [6.07, 6.45) is 1.89. The fourth-order valence-electron chi connectivity index (χ4n) is 3.60. The van der Waals surface area contributed by atoms with Crippen molar-refractivity contribution in [2.24, 2.45) is 0 Å². The molecule has 0 saturated heterocycles. The molecule has 0 spiro atoms. The van der Waals surface area contributed by atoms with E-state index in [0.29, 0.717) is 5.02 Å². The van der Waals surface area contributed by atoms with Gasteiger partial charge in [-0.15, -0.1) is 0 Å². The zero-order valence-corrected chi connectivity index (χ0v) is 16.8. The predicted octanol–water partition coefficient (Wildman–Crippen LogP) is 6.21. The molecule has 0 aliphatic rings. The average Bonchev–Trinajstić information content (AvgIpc) is 3.16. The molecule has 0 fully saturated rings. The van der Waals surface area contributed by atoms with Crippen LogP contribution in [-0.4, -0.2) is 21.9 Å². The molecule has 29 heavy (non-hydrogen) atoms. The van der Waals surface area contributed by atoms with Crippen LogP contribution in [0.5, 0.6) is 5.75 Å². The Bertz CT molecular complexity index is 1360. The predicted molar refractivity (Wildman–Crippen MR) is 118 cm³/mol. The molecule has 5 rings (SSSR count). The van der Waals surface area contributed by atoms with Gasteiger partial charge >= 0.3 is 0 Å². The van der Waals surface area contributed by atoms with Crippen LogP contribution >= 0.6 is 11.6 Å². The molecular weight excluding hydrogens is 382 g/mol. The van der Waals surface area contributed by atoms with Gasteiger partial charge < -0.3 is 4.74 Å². The zero-order valence-electron chi connectivity index (χ0n) is 16.1. The first-order valence-electron chi connectivity index (χ1n) is 9.33. The smallest absolute Gasteiger partial charge is 0.119 e. The second-order valence-corrected chi connectivity index (χ2v) is 7.37. The van der Waals surface area contributed by atoms with E-state index in [2.05, 4.69) is 17.1 Å². The van der Waals surface area contributed by atoms with Gasteiger partial charge in [0.05, 0.1) is 23.8 Å². The summed E-state index contributed by atoms with van der Waals surface area (Å²) in [5.74, 6) is 0.780. The minimum Gasteiger partial charge on any atom is -0.497 e. The van der Waals surface area contributed by atoms with Crippen molar-refractivity contribution in [2.75, 3.05) is 7.11 Å². The van der Waals surface area contributed by atoms with E-state index in [-0.39, 0.29) is 0 Å². The molecule has 0 aliphatic heterocycles. The van der Waals surface area contributed by atoms with Crippen molar-refractivity contribution >= 4 is 33.4 Å². The number of fused-ring (bicyclic) bond motifs is 3. The number of pyridine rings is 1. The van der Waals surface area contributed by atoms with Crippen LogP contribution in [0.4, 0.5) is 0 Å². The molecule has 0 N–H and O–H groups in total. The Labute approximate surface area is 173 Å². The number of halogens is 1. The Morgan fingerprint density at radius 2 is 1.76 bits per heavy atom. The topological polar surface area (TPSA) is 39.9 Å². The van der Waals surface area contributed by atoms with Crippen molar-refractivity contribution in [1.82, 2.24) is 14.8 Å². The molecule has 3 aromatic carbocycles. The first-order valence-corrected chi connectivity index (χ1v) is 9.71. The van der Waals surface area contributed by atoms with Gasteiger partial charge in [0.15, 0.2) is 0 Å². The standard InChI is InChI=1S/C24H18ClN3O/c1-15-8-9-17(12-21(15)25)28-24-19-13-18(29-2)10-11-22(19)26-14-20(24)23(27-28)16-6-4-3-5-7-16/h3-14H,1-2H3. The molecule has 2 aromatic heterocycles. The summed E-state index contributed by atoms with van der Waals surface area (Å²) in [6.45, 7) is 1.99. The monoisotopic (exact) mass is 399 g/mol. The SMILES string of the molecule is COc1ccc2ncc3c(-c4ccccc4)nn(-c4ccc(C)c(Cl)c4)c3c2c1. The highest BCUT2D eigenvalue weighted by Gasteiger charge is 2.18. The van der Waals surface area contributed by atoms with Gasteiger partial charge in [-0.2, -0.15) is 5.10 Å². The second kappa shape index (κ2) is 6.90. The van der Waals surface area contributed by atoms with Gasteiger partial charge in [0.25, 0.3) is 0 Å². The van der Waals surface area contributed by atoms with Gasteiger partial charge in [-0.3, -0.25) is 4.98 Å². The molecule has 0 bridgehead atoms. The third kappa shape index (κ3) is 2.93. The largest absolute Gasteiger partial charge is 0.497 e. The lowest BCUT2D eigenvalue weighted by molar-refractivity contribution is 0.415. The summed E-state index contributed by atoms with van der Waals surface area (Å²) in [6, 6.07) is 22.0. The van der Waals surface area contributed by atoms with E-state index < -0.39 is 0 Å². The number of ether oxygens (including phenoxy) is 1. The second-order valence-electron chi connectivity index (χ2n) is 6.96. The van der Waals surface area contributed by atoms with E-state index in [9.17, 15) is 0 Å². The number of aryl methyl sites for hydroxylation is 1. The summed E-state index contributed by atoms with van der Waals surface area (Å²) in [5.41, 5.74) is 5.73. The van der Waals surface area contributed by atoms with Gasteiger partial charge in [0, 0.05) is 27.6 Å². The van der Waals surface area contributed by atoms with E-state index in [1.54, 1.807) is 7.11 Å². The molecule has 5 heteroatoms. The highest BCUT2D eigenvalue weighted by molar-refractivity contribution is 6.31. The van der Waals surface area contributed by atoms with Crippen molar-refractivity contribution in [1.29, 1.82) is 0 Å². The molecule has 0 amide bonds. The van der Waals surface area contributed by atoms with E-state index in [1.807, 2.05) is 72.4 Å². The van der Waals surface area contributed by atoms with Crippen LogP contribution < -0.4 is 4.74 Å². The van der Waals surface area contributed by atoms with E-state index in [0.717, 1.165) is 50.1 Å². The minimum atomic E-state index is 0.711. The summed E-state index contributed by atoms with van der Waals surface area (Å²) in [7, 11) is 1.67. The minimum absolute atomic E-state index is 0.711. The van der Waals surface area contributed by atoms with Crippen LogP contribution in [0, 0.1) is 6.92 Å². The number of benzene rings is 3. The maximum absolute atomic E-state index is 6.43. The third-order valence-electron chi connectivity index (χ3n) is 5.16. The molecule has 0 unspecified atom stereocenters. The molecule has 4 nitrogen and oxygen atoms in total. The average molecular weight is 400 g/mol. The number of rotatable bonds is 3. The van der Waals surface area contributed by atoms with E-state index in [4.69, 9.17) is 21.4 Å². The van der Waals surface area contributed by atoms with E-state index >= 15 is 0 Å². The molecule has 0 saturated carbocycles. The lowest BCUT2D eigenvalue weighted by Crippen LogP contribution is -1.98. The van der Waals surface area contributed by atoms with Crippen molar-refractivity contribution in [2.45, 2.75) is 6.92 Å². The van der Waals surface area contributed by atoms with Gasteiger partial charge in [-0.1, -0.05) is 48.0 Å². The first kappa shape index (κ1) is 17.7. The fourth-order valence-corrected chi connectivity index (χ4v) is 3.77. The zero-order chi connectivity index (χ0) is 20.0. The Morgan fingerprint density at radius 3 is 2.52 bits per heavy atom. The molecule has 0 atom stereocenters. The number of nitrogens with zero attached hydrogens (tertiary/aromatic N) is 3. The summed E-state index contributed by atoms with van der Waals surface area (Å²) in [5, 5.41) is 7.65. The molecule has 0 radical (unpaired) electrons. The molecule has 142 valence electrons. The summed E-state index contributed by atoms with van der Waals surface area (Å²) < 4.78 is 7.42. The Morgan fingerprint density at radius 1 is 0.931 bits per heavy atom.